The first-order chi connectivity index (χ1) is 7.59. The van der Waals surface area contributed by atoms with E-state index in [-0.39, 0.29) is 0 Å². The number of esters is 1. The number of rotatable bonds is 5. The molecule has 0 aromatic heterocycles. The van der Waals surface area contributed by atoms with E-state index in [9.17, 15) is 9.00 Å². The van der Waals surface area contributed by atoms with Crippen molar-refractivity contribution >= 4 is 17.2 Å². The van der Waals surface area contributed by atoms with E-state index in [0.29, 0.717) is 5.75 Å². The predicted molar refractivity (Wildman–Crippen MR) is 56.5 cm³/mol. The Morgan fingerprint density at radius 2 is 2.06 bits per heavy atom. The average molecular weight is 245 g/mol. The van der Waals surface area contributed by atoms with Crippen molar-refractivity contribution in [3.8, 4) is 5.75 Å². The van der Waals surface area contributed by atoms with Crippen LogP contribution in [0.5, 0.6) is 5.75 Å². The smallest absolute Gasteiger partial charge is 0.342 e. The summed E-state index contributed by atoms with van der Waals surface area (Å²) < 4.78 is 23.5. The monoisotopic (exact) mass is 245 g/mol. The van der Waals surface area contributed by atoms with Crippen molar-refractivity contribution < 1.29 is 23.1 Å². The van der Waals surface area contributed by atoms with E-state index in [0.717, 1.165) is 0 Å². The van der Waals surface area contributed by atoms with Crippen LogP contribution in [0.15, 0.2) is 30.3 Å². The summed E-state index contributed by atoms with van der Waals surface area (Å²) >= 11 is -2.33. The Labute approximate surface area is 94.9 Å². The zero-order valence-corrected chi connectivity index (χ0v) is 9.27. The molecule has 88 valence electrons. The van der Waals surface area contributed by atoms with Crippen molar-refractivity contribution in [1.82, 2.24) is 4.89 Å². The van der Waals surface area contributed by atoms with Crippen LogP contribution >= 0.6 is 0 Å². The highest BCUT2D eigenvalue weighted by Gasteiger charge is 2.16. The van der Waals surface area contributed by atoms with Gasteiger partial charge in [0.2, 0.25) is 0 Å². The van der Waals surface area contributed by atoms with Gasteiger partial charge in [0.15, 0.2) is 6.10 Å². The van der Waals surface area contributed by atoms with Crippen LogP contribution in [-0.2, 0) is 20.9 Å². The molecule has 16 heavy (non-hydrogen) atoms. The molecule has 2 unspecified atom stereocenters. The lowest BCUT2D eigenvalue weighted by atomic mass is 10.3. The molecule has 0 aliphatic carbocycles. The fourth-order valence-corrected chi connectivity index (χ4v) is 1.08. The van der Waals surface area contributed by atoms with Crippen LogP contribution in [0.4, 0.5) is 0 Å². The van der Waals surface area contributed by atoms with Gasteiger partial charge in [-0.25, -0.2) is 9.00 Å². The minimum Gasteiger partial charge on any atom is -0.425 e. The molecule has 6 nitrogen and oxygen atoms in total. The molecule has 0 bridgehead atoms. The van der Waals surface area contributed by atoms with Gasteiger partial charge in [-0.05, 0) is 19.1 Å². The highest BCUT2D eigenvalue weighted by atomic mass is 32.2. The molecule has 2 atom stereocenters. The average Bonchev–Trinajstić information content (AvgIpc) is 2.27. The highest BCUT2D eigenvalue weighted by Crippen LogP contribution is 2.09. The van der Waals surface area contributed by atoms with Gasteiger partial charge in [0.1, 0.15) is 5.75 Å². The first kappa shape index (κ1) is 12.8. The second-order valence-electron chi connectivity index (χ2n) is 2.83. The van der Waals surface area contributed by atoms with E-state index in [1.165, 1.54) is 6.92 Å². The van der Waals surface area contributed by atoms with Gasteiger partial charge in [0.05, 0.1) is 0 Å². The number of ether oxygens (including phenoxy) is 1. The van der Waals surface area contributed by atoms with Crippen LogP contribution in [0.25, 0.3) is 0 Å². The second kappa shape index (κ2) is 6.33. The number of hydrogen-bond acceptors (Lipinski definition) is 4. The SMILES string of the molecule is CC(ONS(=O)O)C(=O)Oc1ccccc1. The van der Waals surface area contributed by atoms with Crippen molar-refractivity contribution in [3.63, 3.8) is 0 Å². The molecule has 7 heteroatoms. The molecule has 0 saturated carbocycles. The van der Waals surface area contributed by atoms with Crippen molar-refractivity contribution in [2.24, 2.45) is 0 Å². The molecule has 0 saturated heterocycles. The number of hydrogen-bond donors (Lipinski definition) is 2. The lowest BCUT2D eigenvalue weighted by molar-refractivity contribution is -0.148. The van der Waals surface area contributed by atoms with Crippen molar-refractivity contribution in [3.05, 3.63) is 30.3 Å². The van der Waals surface area contributed by atoms with Crippen LogP contribution in [0.1, 0.15) is 6.92 Å². The summed E-state index contributed by atoms with van der Waals surface area (Å²) in [5.41, 5.74) is 0. The van der Waals surface area contributed by atoms with Gasteiger partial charge < -0.3 is 4.74 Å². The van der Waals surface area contributed by atoms with Crippen molar-refractivity contribution in [2.45, 2.75) is 13.0 Å². The number of carbonyl (C=O) groups is 1. The number of para-hydroxylation sites is 1. The fraction of sp³-hybridized carbons (Fsp3) is 0.222. The van der Waals surface area contributed by atoms with Gasteiger partial charge >= 0.3 is 5.97 Å². The van der Waals surface area contributed by atoms with E-state index in [1.54, 1.807) is 35.2 Å². The quantitative estimate of drug-likeness (QED) is 0.344. The van der Waals surface area contributed by atoms with E-state index >= 15 is 0 Å². The normalized spacial score (nSPS) is 14.1. The lowest BCUT2D eigenvalue weighted by Crippen LogP contribution is -2.32. The maximum absolute atomic E-state index is 11.4. The minimum atomic E-state index is -2.33. The molecule has 1 aromatic carbocycles. The van der Waals surface area contributed by atoms with Crippen LogP contribution in [0.2, 0.25) is 0 Å². The summed E-state index contributed by atoms with van der Waals surface area (Å²) in [7, 11) is 0. The number of benzene rings is 1. The fourth-order valence-electron chi connectivity index (χ4n) is 0.849. The third kappa shape index (κ3) is 4.49. The molecule has 1 aromatic rings. The first-order valence-corrected chi connectivity index (χ1v) is 5.49. The number of nitrogens with one attached hydrogen (secondary N) is 1. The van der Waals surface area contributed by atoms with Gasteiger partial charge in [-0.15, -0.1) is 0 Å². The van der Waals surface area contributed by atoms with Crippen LogP contribution in [0.3, 0.4) is 0 Å². The van der Waals surface area contributed by atoms with Crippen LogP contribution < -0.4 is 9.62 Å². The Morgan fingerprint density at radius 1 is 1.44 bits per heavy atom. The largest absolute Gasteiger partial charge is 0.425 e. The summed E-state index contributed by atoms with van der Waals surface area (Å²) in [5.74, 6) is -0.280. The first-order valence-electron chi connectivity index (χ1n) is 4.38. The van der Waals surface area contributed by atoms with Gasteiger partial charge in [-0.1, -0.05) is 23.1 Å². The van der Waals surface area contributed by atoms with Crippen LogP contribution in [0, 0.1) is 0 Å². The summed E-state index contributed by atoms with van der Waals surface area (Å²) in [6.07, 6.45) is -0.990. The zero-order chi connectivity index (χ0) is 12.0. The topological polar surface area (TPSA) is 84.9 Å². The van der Waals surface area contributed by atoms with Gasteiger partial charge in [-0.2, -0.15) is 0 Å². The Balaban J connectivity index is 2.43. The Morgan fingerprint density at radius 3 is 2.62 bits per heavy atom. The highest BCUT2D eigenvalue weighted by molar-refractivity contribution is 7.76. The Bertz CT molecular complexity index is 369. The zero-order valence-electron chi connectivity index (χ0n) is 8.45. The second-order valence-corrected chi connectivity index (χ2v) is 3.49. The third-order valence-electron chi connectivity index (χ3n) is 1.59. The molecule has 2 N–H and O–H groups in total. The molecule has 0 radical (unpaired) electrons. The van der Waals surface area contributed by atoms with E-state index in [1.807, 2.05) is 0 Å². The summed E-state index contributed by atoms with van der Waals surface area (Å²) in [5, 5.41) is 0. The molecule has 0 amide bonds. The summed E-state index contributed by atoms with van der Waals surface area (Å²) in [6.45, 7) is 1.39. The molecule has 0 fully saturated rings. The third-order valence-corrected chi connectivity index (χ3v) is 1.83. The predicted octanol–water partition coefficient (Wildman–Crippen LogP) is 0.638. The molecule has 0 heterocycles. The maximum Gasteiger partial charge on any atom is 0.342 e. The van der Waals surface area contributed by atoms with Crippen molar-refractivity contribution in [1.29, 1.82) is 0 Å². The van der Waals surface area contributed by atoms with E-state index in [2.05, 4.69) is 4.84 Å². The molecule has 1 rings (SSSR count). The molecule has 0 spiro atoms. The molecule has 0 aliphatic rings. The van der Waals surface area contributed by atoms with Crippen LogP contribution in [-0.4, -0.2) is 20.8 Å². The summed E-state index contributed by atoms with van der Waals surface area (Å²) in [4.78, 5) is 17.7. The minimum absolute atomic E-state index is 0.382. The molecule has 0 aliphatic heterocycles. The van der Waals surface area contributed by atoms with Gasteiger partial charge in [0, 0.05) is 0 Å². The maximum atomic E-state index is 11.4. The lowest BCUT2D eigenvalue weighted by Gasteiger charge is -2.10. The molecular weight excluding hydrogens is 234 g/mol. The van der Waals surface area contributed by atoms with E-state index in [4.69, 9.17) is 9.29 Å². The summed E-state index contributed by atoms with van der Waals surface area (Å²) in [6, 6.07) is 8.45. The Kier molecular flexibility index (Phi) is 5.06. The Hall–Kier alpha value is -1.28. The van der Waals surface area contributed by atoms with Gasteiger partial charge in [0.25, 0.3) is 11.3 Å². The standard InChI is InChI=1S/C9H11NO5S/c1-7(15-10-16(12)13)9(11)14-8-5-3-2-4-6-8/h2-7,10H,1H3,(H,12,13). The van der Waals surface area contributed by atoms with Gasteiger partial charge in [-0.3, -0.25) is 9.39 Å². The number of carbonyl (C=O) groups excluding carboxylic acids is 1. The van der Waals surface area contributed by atoms with Crippen molar-refractivity contribution in [2.75, 3.05) is 0 Å². The molecular formula is C9H11NO5S. The van der Waals surface area contributed by atoms with E-state index < -0.39 is 23.3 Å².